The fourth-order valence-electron chi connectivity index (χ4n) is 3.24. The van der Waals surface area contributed by atoms with Crippen LogP contribution in [0.3, 0.4) is 0 Å². The molecule has 0 saturated carbocycles. The van der Waals surface area contributed by atoms with Gasteiger partial charge in [0.1, 0.15) is 12.4 Å². The Bertz CT molecular complexity index is 1030. The predicted molar refractivity (Wildman–Crippen MR) is 116 cm³/mol. The van der Waals surface area contributed by atoms with Crippen LogP contribution in [0.5, 0.6) is 5.75 Å². The Labute approximate surface area is 178 Å². The van der Waals surface area contributed by atoms with Crippen molar-refractivity contribution in [1.82, 2.24) is 4.98 Å². The van der Waals surface area contributed by atoms with E-state index in [0.29, 0.717) is 33.6 Å². The number of nitrogens with zero attached hydrogens (tertiary/aromatic N) is 1. The number of nitrogens with one attached hydrogen (secondary N) is 1. The second-order valence-electron chi connectivity index (χ2n) is 7.04. The molecule has 7 heteroatoms. The number of amides is 1. The molecule has 3 aromatic rings. The van der Waals surface area contributed by atoms with Gasteiger partial charge in [-0.05, 0) is 37.1 Å². The number of hydrogen-bond acceptors (Lipinski definition) is 6. The van der Waals surface area contributed by atoms with Crippen molar-refractivity contribution in [2.75, 3.05) is 18.5 Å². The van der Waals surface area contributed by atoms with Crippen LogP contribution in [-0.2, 0) is 4.74 Å². The lowest BCUT2D eigenvalue weighted by atomic mass is 10.1. The Kier molecular flexibility index (Phi) is 6.21. The number of rotatable bonds is 7. The minimum Gasteiger partial charge on any atom is -0.491 e. The summed E-state index contributed by atoms with van der Waals surface area (Å²) in [6.07, 6.45) is 2.23. The van der Waals surface area contributed by atoms with Crippen LogP contribution in [0, 0.1) is 0 Å². The van der Waals surface area contributed by atoms with Crippen LogP contribution < -0.4 is 10.1 Å². The molecule has 1 unspecified atom stereocenters. The van der Waals surface area contributed by atoms with Crippen LogP contribution in [0.1, 0.15) is 39.8 Å². The molecule has 6 nitrogen and oxygen atoms in total. The molecule has 154 valence electrons. The average Bonchev–Trinajstić information content (AvgIpc) is 3.43. The normalized spacial score (nSPS) is 15.7. The van der Waals surface area contributed by atoms with Gasteiger partial charge in [0.25, 0.3) is 5.91 Å². The van der Waals surface area contributed by atoms with Crippen molar-refractivity contribution in [1.29, 1.82) is 0 Å². The summed E-state index contributed by atoms with van der Waals surface area (Å²) in [4.78, 5) is 29.7. The summed E-state index contributed by atoms with van der Waals surface area (Å²) in [5.74, 6) is 0.324. The second kappa shape index (κ2) is 9.19. The molecule has 2 heterocycles. The lowest BCUT2D eigenvalue weighted by molar-refractivity contribution is 0.0679. The first-order valence-electron chi connectivity index (χ1n) is 9.83. The fourth-order valence-corrected chi connectivity index (χ4v) is 4.12. The van der Waals surface area contributed by atoms with E-state index in [1.165, 1.54) is 18.3 Å². The van der Waals surface area contributed by atoms with Crippen LogP contribution in [0.15, 0.2) is 54.6 Å². The maximum atomic E-state index is 12.6. The van der Waals surface area contributed by atoms with Crippen molar-refractivity contribution in [3.8, 4) is 17.0 Å². The number of carbonyl (C=O) groups is 2. The Morgan fingerprint density at radius 1 is 1.17 bits per heavy atom. The Balaban J connectivity index is 1.44. The zero-order valence-electron chi connectivity index (χ0n) is 16.6. The summed E-state index contributed by atoms with van der Waals surface area (Å²) < 4.78 is 11.3. The minimum absolute atomic E-state index is 0.0837. The maximum absolute atomic E-state index is 12.6. The van der Waals surface area contributed by atoms with E-state index < -0.39 is 0 Å². The zero-order chi connectivity index (χ0) is 20.9. The lowest BCUT2D eigenvalue weighted by Gasteiger charge is -2.11. The summed E-state index contributed by atoms with van der Waals surface area (Å²) in [6, 6.07) is 16.4. The van der Waals surface area contributed by atoms with Crippen LogP contribution in [-0.4, -0.2) is 36.0 Å². The number of hydrogen-bond donors (Lipinski definition) is 1. The number of ketones is 1. The Morgan fingerprint density at radius 3 is 2.60 bits per heavy atom. The van der Waals surface area contributed by atoms with Crippen molar-refractivity contribution in [3.63, 3.8) is 0 Å². The number of anilines is 1. The van der Waals surface area contributed by atoms with Crippen molar-refractivity contribution in [3.05, 3.63) is 65.0 Å². The van der Waals surface area contributed by atoms with Crippen molar-refractivity contribution < 1.29 is 19.1 Å². The summed E-state index contributed by atoms with van der Waals surface area (Å²) in [7, 11) is 0. The van der Waals surface area contributed by atoms with E-state index in [0.717, 1.165) is 25.0 Å². The molecular formula is C23H22N2O4S. The SMILES string of the molecule is CC(=O)c1sc(NC(=O)c2ccc(OCC3CCCO3)cc2)nc1-c1ccccc1. The van der Waals surface area contributed by atoms with Crippen LogP contribution in [0.25, 0.3) is 11.3 Å². The number of ether oxygens (including phenoxy) is 2. The summed E-state index contributed by atoms with van der Waals surface area (Å²) in [5, 5.41) is 3.19. The van der Waals surface area contributed by atoms with Gasteiger partial charge in [0.15, 0.2) is 10.9 Å². The van der Waals surface area contributed by atoms with Crippen molar-refractivity contribution >= 4 is 28.2 Å². The molecule has 1 aromatic heterocycles. The Morgan fingerprint density at radius 2 is 1.93 bits per heavy atom. The third kappa shape index (κ3) is 4.75. The largest absolute Gasteiger partial charge is 0.491 e. The number of carbonyl (C=O) groups excluding carboxylic acids is 2. The van der Waals surface area contributed by atoms with Crippen LogP contribution in [0.2, 0.25) is 0 Å². The molecule has 1 atom stereocenters. The standard InChI is InChI=1S/C23H22N2O4S/c1-15(26)21-20(16-6-3-2-4-7-16)24-23(30-21)25-22(27)17-9-11-18(12-10-17)29-14-19-8-5-13-28-19/h2-4,6-7,9-12,19H,5,8,13-14H2,1H3,(H,24,25,27). The first kappa shape index (κ1) is 20.3. The van der Waals surface area contributed by atoms with Gasteiger partial charge < -0.3 is 9.47 Å². The highest BCUT2D eigenvalue weighted by Gasteiger charge is 2.19. The molecule has 0 bridgehead atoms. The first-order chi connectivity index (χ1) is 14.6. The van der Waals surface area contributed by atoms with Gasteiger partial charge in [-0.3, -0.25) is 14.9 Å². The van der Waals surface area contributed by atoms with E-state index in [9.17, 15) is 9.59 Å². The van der Waals surface area contributed by atoms with Gasteiger partial charge in [-0.25, -0.2) is 4.98 Å². The predicted octanol–water partition coefficient (Wildman–Crippen LogP) is 4.82. The monoisotopic (exact) mass is 422 g/mol. The van der Waals surface area contributed by atoms with Crippen LogP contribution in [0.4, 0.5) is 5.13 Å². The molecule has 1 aliphatic rings. The van der Waals surface area contributed by atoms with E-state index >= 15 is 0 Å². The van der Waals surface area contributed by atoms with Crippen molar-refractivity contribution in [2.24, 2.45) is 0 Å². The number of thiazole rings is 1. The van der Waals surface area contributed by atoms with Gasteiger partial charge in [0.2, 0.25) is 0 Å². The van der Waals surface area contributed by atoms with Gasteiger partial charge in [0.05, 0.1) is 16.7 Å². The van der Waals surface area contributed by atoms with E-state index in [1.807, 2.05) is 30.3 Å². The smallest absolute Gasteiger partial charge is 0.257 e. The van der Waals surface area contributed by atoms with E-state index in [-0.39, 0.29) is 17.8 Å². The molecule has 1 aliphatic heterocycles. The lowest BCUT2D eigenvalue weighted by Crippen LogP contribution is -2.16. The van der Waals surface area contributed by atoms with Gasteiger partial charge in [-0.2, -0.15) is 0 Å². The molecule has 1 saturated heterocycles. The van der Waals surface area contributed by atoms with Crippen LogP contribution >= 0.6 is 11.3 Å². The fraction of sp³-hybridized carbons (Fsp3) is 0.261. The van der Waals surface area contributed by atoms with Crippen molar-refractivity contribution in [2.45, 2.75) is 25.9 Å². The molecule has 30 heavy (non-hydrogen) atoms. The van der Waals surface area contributed by atoms with E-state index in [1.54, 1.807) is 24.3 Å². The average molecular weight is 423 g/mol. The van der Waals surface area contributed by atoms with Gasteiger partial charge >= 0.3 is 0 Å². The highest BCUT2D eigenvalue weighted by molar-refractivity contribution is 7.18. The van der Waals surface area contributed by atoms with E-state index in [4.69, 9.17) is 9.47 Å². The molecule has 1 amide bonds. The highest BCUT2D eigenvalue weighted by atomic mass is 32.1. The second-order valence-corrected chi connectivity index (χ2v) is 8.04. The highest BCUT2D eigenvalue weighted by Crippen LogP contribution is 2.31. The molecule has 2 aromatic carbocycles. The molecule has 0 spiro atoms. The quantitative estimate of drug-likeness (QED) is 0.552. The maximum Gasteiger partial charge on any atom is 0.257 e. The number of benzene rings is 2. The third-order valence-corrected chi connectivity index (χ3v) is 5.86. The molecule has 1 N–H and O–H groups in total. The molecule has 0 aliphatic carbocycles. The summed E-state index contributed by atoms with van der Waals surface area (Å²) in [6.45, 7) is 2.81. The van der Waals surface area contributed by atoms with Gasteiger partial charge in [-0.15, -0.1) is 0 Å². The topological polar surface area (TPSA) is 77.5 Å². The third-order valence-electron chi connectivity index (χ3n) is 4.79. The van der Waals surface area contributed by atoms with E-state index in [2.05, 4.69) is 10.3 Å². The molecule has 0 radical (unpaired) electrons. The number of Topliss-reactive ketones (excluding diaryl/α,β-unsaturated/α-hetero) is 1. The minimum atomic E-state index is -0.288. The summed E-state index contributed by atoms with van der Waals surface area (Å²) >= 11 is 1.18. The molecule has 4 rings (SSSR count). The number of aromatic nitrogens is 1. The zero-order valence-corrected chi connectivity index (χ0v) is 17.4. The molecular weight excluding hydrogens is 400 g/mol. The first-order valence-corrected chi connectivity index (χ1v) is 10.6. The Hall–Kier alpha value is -3.03. The van der Waals surface area contributed by atoms with Gasteiger partial charge in [0, 0.05) is 24.7 Å². The van der Waals surface area contributed by atoms with Gasteiger partial charge in [-0.1, -0.05) is 41.7 Å². The summed E-state index contributed by atoms with van der Waals surface area (Å²) in [5.41, 5.74) is 1.91. The molecule has 1 fully saturated rings.